The Balaban J connectivity index is 5.11. The van der Waals surface area contributed by atoms with E-state index in [0.717, 1.165) is 0 Å². The lowest BCUT2D eigenvalue weighted by atomic mass is 9.73. The highest BCUT2D eigenvalue weighted by atomic mass is 31.2. The van der Waals surface area contributed by atoms with Crippen molar-refractivity contribution in [3.8, 4) is 0 Å². The first-order chi connectivity index (χ1) is 15.7. The molecule has 0 aliphatic rings. The molecule has 2 N–H and O–H groups in total. The minimum atomic E-state index is -4.68. The van der Waals surface area contributed by atoms with Gasteiger partial charge in [0.1, 0.15) is 26.4 Å². The first-order valence-electron chi connectivity index (χ1n) is 10.7. The van der Waals surface area contributed by atoms with E-state index in [2.05, 4.69) is 11.1 Å². The molecule has 0 bridgehead atoms. The fourth-order valence-corrected chi connectivity index (χ4v) is 3.32. The number of esters is 3. The van der Waals surface area contributed by atoms with E-state index in [4.69, 9.17) is 33.8 Å². The van der Waals surface area contributed by atoms with Gasteiger partial charge in [-0.15, -0.1) is 6.58 Å². The summed E-state index contributed by atoms with van der Waals surface area (Å²) in [4.78, 5) is 64.7. The van der Waals surface area contributed by atoms with Crippen molar-refractivity contribution < 1.29 is 57.2 Å². The van der Waals surface area contributed by atoms with Gasteiger partial charge >= 0.3 is 25.7 Å². The maximum absolute atomic E-state index is 12.7. The van der Waals surface area contributed by atoms with Crippen molar-refractivity contribution in [3.63, 3.8) is 0 Å². The predicted molar refractivity (Wildman–Crippen MR) is 119 cm³/mol. The summed E-state index contributed by atoms with van der Waals surface area (Å²) in [7, 11) is -3.47. The highest BCUT2D eigenvalue weighted by molar-refractivity contribution is 7.46. The van der Waals surface area contributed by atoms with Crippen molar-refractivity contribution in [2.45, 2.75) is 47.0 Å². The number of carbonyl (C=O) groups is 3. The van der Waals surface area contributed by atoms with Crippen LogP contribution in [0.5, 0.6) is 0 Å². The SMILES string of the molecule is C=CCOOCCOC(=O)C(C)(C)CC(CC(C)(CC)C(=O)OCCOP(=O)(O)O)C(=O)OC. The average Bonchev–Trinajstić information content (AvgIpc) is 2.76. The number of phosphoric ester groups is 1. The Labute approximate surface area is 200 Å². The van der Waals surface area contributed by atoms with Crippen LogP contribution in [0.3, 0.4) is 0 Å². The highest BCUT2D eigenvalue weighted by Gasteiger charge is 2.42. The summed E-state index contributed by atoms with van der Waals surface area (Å²) >= 11 is 0. The fraction of sp³-hybridized carbons (Fsp3) is 0.762. The van der Waals surface area contributed by atoms with Gasteiger partial charge in [0, 0.05) is 0 Å². The van der Waals surface area contributed by atoms with Crippen molar-refractivity contribution in [2.24, 2.45) is 16.7 Å². The van der Waals surface area contributed by atoms with Crippen molar-refractivity contribution in [1.82, 2.24) is 0 Å². The standard InChI is InChI=1S/C21H37O12P/c1-7-9-31-32-12-10-29-18(23)20(3,4)14-16(17(22)28-6)15-21(5,8-2)19(24)30-11-13-33-34(25,26)27/h7,16H,1,8-15H2,2-6H3,(H2,25,26,27). The van der Waals surface area contributed by atoms with Crippen LogP contribution in [0.15, 0.2) is 12.7 Å². The zero-order chi connectivity index (χ0) is 26.4. The van der Waals surface area contributed by atoms with Gasteiger partial charge in [-0.1, -0.05) is 13.0 Å². The molecule has 2 atom stereocenters. The summed E-state index contributed by atoms with van der Waals surface area (Å²) in [6.07, 6.45) is 1.85. The van der Waals surface area contributed by atoms with Crippen LogP contribution in [0.1, 0.15) is 47.0 Å². The molecule has 0 saturated heterocycles. The van der Waals surface area contributed by atoms with Crippen LogP contribution in [0.25, 0.3) is 0 Å². The van der Waals surface area contributed by atoms with Crippen molar-refractivity contribution in [1.29, 1.82) is 0 Å². The molecule has 0 aliphatic carbocycles. The molecule has 0 aromatic carbocycles. The quantitative estimate of drug-likeness (QED) is 0.0524. The second-order valence-corrected chi connectivity index (χ2v) is 9.66. The first-order valence-corrected chi connectivity index (χ1v) is 12.2. The molecule has 0 radical (unpaired) electrons. The van der Waals surface area contributed by atoms with E-state index in [1.807, 2.05) is 0 Å². The second-order valence-electron chi connectivity index (χ2n) is 8.42. The Hall–Kier alpha value is -1.82. The summed E-state index contributed by atoms with van der Waals surface area (Å²) in [5.74, 6) is -2.66. The van der Waals surface area contributed by atoms with E-state index in [1.165, 1.54) is 13.2 Å². The minimum Gasteiger partial charge on any atom is -0.469 e. The number of hydrogen-bond donors (Lipinski definition) is 2. The maximum atomic E-state index is 12.7. The minimum absolute atomic E-state index is 0.0154. The van der Waals surface area contributed by atoms with Crippen LogP contribution in [-0.2, 0) is 47.5 Å². The third-order valence-corrected chi connectivity index (χ3v) is 5.58. The largest absolute Gasteiger partial charge is 0.469 e. The number of rotatable bonds is 18. The summed E-state index contributed by atoms with van der Waals surface area (Å²) < 4.78 is 30.2. The van der Waals surface area contributed by atoms with Gasteiger partial charge in [-0.2, -0.15) is 0 Å². The molecule has 0 spiro atoms. The van der Waals surface area contributed by atoms with Gasteiger partial charge in [0.2, 0.25) is 0 Å². The predicted octanol–water partition coefficient (Wildman–Crippen LogP) is 2.33. The smallest absolute Gasteiger partial charge is 0.469 e. The molecule has 2 unspecified atom stereocenters. The molecule has 0 aliphatic heterocycles. The van der Waals surface area contributed by atoms with Gasteiger partial charge < -0.3 is 24.0 Å². The fourth-order valence-electron chi connectivity index (χ4n) is 3.00. The van der Waals surface area contributed by atoms with E-state index in [1.54, 1.807) is 27.7 Å². The van der Waals surface area contributed by atoms with E-state index in [-0.39, 0.29) is 39.3 Å². The second kappa shape index (κ2) is 15.2. The zero-order valence-corrected chi connectivity index (χ0v) is 21.3. The number of carbonyl (C=O) groups excluding carboxylic acids is 3. The molecule has 198 valence electrons. The van der Waals surface area contributed by atoms with E-state index in [9.17, 15) is 18.9 Å². The summed E-state index contributed by atoms with van der Waals surface area (Å²) in [6, 6.07) is 0. The van der Waals surface area contributed by atoms with E-state index >= 15 is 0 Å². The van der Waals surface area contributed by atoms with Gasteiger partial charge in [-0.3, -0.25) is 18.9 Å². The molecular formula is C21H37O12P. The average molecular weight is 512 g/mol. The number of ether oxygens (including phenoxy) is 3. The Bertz CT molecular complexity index is 717. The summed E-state index contributed by atoms with van der Waals surface area (Å²) in [5.41, 5.74) is -2.21. The molecule has 34 heavy (non-hydrogen) atoms. The Morgan fingerprint density at radius 3 is 2.09 bits per heavy atom. The van der Waals surface area contributed by atoms with Gasteiger partial charge in [-0.25, -0.2) is 14.3 Å². The molecular weight excluding hydrogens is 475 g/mol. The normalized spacial score (nSPS) is 14.6. The van der Waals surface area contributed by atoms with E-state index < -0.39 is 49.1 Å². The van der Waals surface area contributed by atoms with Crippen LogP contribution >= 0.6 is 7.82 Å². The highest BCUT2D eigenvalue weighted by Crippen LogP contribution is 2.38. The Kier molecular flexibility index (Phi) is 14.4. The van der Waals surface area contributed by atoms with Crippen LogP contribution in [0, 0.1) is 16.7 Å². The van der Waals surface area contributed by atoms with Gasteiger partial charge in [0.25, 0.3) is 0 Å². The molecule has 0 amide bonds. The van der Waals surface area contributed by atoms with Gasteiger partial charge in [0.05, 0.1) is 30.5 Å². The van der Waals surface area contributed by atoms with Crippen molar-refractivity contribution in [2.75, 3.05) is 40.1 Å². The van der Waals surface area contributed by atoms with Crippen molar-refractivity contribution >= 4 is 25.7 Å². The number of hydrogen-bond acceptors (Lipinski definition) is 10. The lowest BCUT2D eigenvalue weighted by molar-refractivity contribution is -0.290. The maximum Gasteiger partial charge on any atom is 0.469 e. The molecule has 0 heterocycles. The third-order valence-electron chi connectivity index (χ3n) is 5.06. The first kappa shape index (κ1) is 32.2. The number of methoxy groups -OCH3 is 1. The van der Waals surface area contributed by atoms with Gasteiger partial charge in [0.15, 0.2) is 0 Å². The molecule has 0 saturated carbocycles. The molecule has 0 rings (SSSR count). The lowest BCUT2D eigenvalue weighted by Gasteiger charge is -2.32. The van der Waals surface area contributed by atoms with Gasteiger partial charge in [-0.05, 0) is 40.0 Å². The zero-order valence-electron chi connectivity index (χ0n) is 20.4. The molecule has 0 aromatic rings. The van der Waals surface area contributed by atoms with Crippen molar-refractivity contribution in [3.05, 3.63) is 12.7 Å². The van der Waals surface area contributed by atoms with Crippen LogP contribution < -0.4 is 0 Å². The molecule has 0 aromatic heterocycles. The Morgan fingerprint density at radius 2 is 1.56 bits per heavy atom. The molecule has 13 heteroatoms. The summed E-state index contributed by atoms with van der Waals surface area (Å²) in [5, 5.41) is 0. The van der Waals surface area contributed by atoms with Crippen LogP contribution in [-0.4, -0.2) is 67.8 Å². The molecule has 0 fully saturated rings. The lowest BCUT2D eigenvalue weighted by Crippen LogP contribution is -2.38. The number of phosphoric acid groups is 1. The molecule has 12 nitrogen and oxygen atoms in total. The Morgan fingerprint density at radius 1 is 0.971 bits per heavy atom. The summed E-state index contributed by atoms with van der Waals surface area (Å²) in [6.45, 7) is 9.30. The third kappa shape index (κ3) is 12.6. The van der Waals surface area contributed by atoms with E-state index in [0.29, 0.717) is 6.42 Å². The monoisotopic (exact) mass is 512 g/mol. The topological polar surface area (TPSA) is 164 Å². The van der Waals surface area contributed by atoms with Crippen LogP contribution in [0.2, 0.25) is 0 Å². The van der Waals surface area contributed by atoms with Crippen LogP contribution in [0.4, 0.5) is 0 Å².